The van der Waals surface area contributed by atoms with Crippen LogP contribution >= 0.6 is 27.5 Å². The maximum Gasteiger partial charge on any atom is 0.124 e. The van der Waals surface area contributed by atoms with E-state index >= 15 is 0 Å². The summed E-state index contributed by atoms with van der Waals surface area (Å²) in [5.74, 6) is -0.332. The van der Waals surface area contributed by atoms with Gasteiger partial charge in [0.2, 0.25) is 0 Å². The molecule has 0 spiro atoms. The fraction of sp³-hybridized carbons (Fsp3) is 0.200. The highest BCUT2D eigenvalue weighted by Crippen LogP contribution is 2.26. The highest BCUT2D eigenvalue weighted by molar-refractivity contribution is 9.10. The van der Waals surface area contributed by atoms with Gasteiger partial charge in [-0.05, 0) is 54.3 Å². The standard InChI is InChI=1S/C15H14BrClFN/c1-9-2-4-11(16)7-13(9)15(19)6-10-3-5-12(18)8-14(10)17/h2-5,7-8,15H,6,19H2,1H3. The third kappa shape index (κ3) is 3.56. The van der Waals surface area contributed by atoms with Crippen molar-refractivity contribution in [1.82, 2.24) is 0 Å². The third-order valence-electron chi connectivity index (χ3n) is 3.10. The second-order valence-electron chi connectivity index (χ2n) is 4.55. The molecule has 0 aliphatic rings. The molecule has 0 aliphatic carbocycles. The van der Waals surface area contributed by atoms with Crippen molar-refractivity contribution in [3.8, 4) is 0 Å². The Morgan fingerprint density at radius 2 is 2.00 bits per heavy atom. The smallest absolute Gasteiger partial charge is 0.124 e. The zero-order valence-electron chi connectivity index (χ0n) is 10.5. The fourth-order valence-electron chi connectivity index (χ4n) is 2.04. The van der Waals surface area contributed by atoms with Gasteiger partial charge in [0.25, 0.3) is 0 Å². The molecule has 0 bridgehead atoms. The summed E-state index contributed by atoms with van der Waals surface area (Å²) in [4.78, 5) is 0. The van der Waals surface area contributed by atoms with Crippen molar-refractivity contribution in [1.29, 1.82) is 0 Å². The molecule has 2 rings (SSSR count). The molecular formula is C15H14BrClFN. The van der Waals surface area contributed by atoms with Crippen LogP contribution in [0.2, 0.25) is 5.02 Å². The van der Waals surface area contributed by atoms with E-state index in [1.54, 1.807) is 6.07 Å². The third-order valence-corrected chi connectivity index (χ3v) is 3.94. The van der Waals surface area contributed by atoms with Crippen LogP contribution in [0.3, 0.4) is 0 Å². The molecule has 0 fully saturated rings. The van der Waals surface area contributed by atoms with Crippen LogP contribution in [0, 0.1) is 12.7 Å². The Labute approximate surface area is 125 Å². The molecule has 0 saturated carbocycles. The van der Waals surface area contributed by atoms with Crippen LogP contribution in [0.5, 0.6) is 0 Å². The molecular weight excluding hydrogens is 329 g/mol. The zero-order chi connectivity index (χ0) is 14.0. The van der Waals surface area contributed by atoms with Crippen LogP contribution in [0.4, 0.5) is 4.39 Å². The van der Waals surface area contributed by atoms with Crippen molar-refractivity contribution >= 4 is 27.5 Å². The number of hydrogen-bond donors (Lipinski definition) is 1. The summed E-state index contributed by atoms with van der Waals surface area (Å²) in [7, 11) is 0. The highest BCUT2D eigenvalue weighted by Gasteiger charge is 2.12. The van der Waals surface area contributed by atoms with Gasteiger partial charge in [-0.3, -0.25) is 0 Å². The summed E-state index contributed by atoms with van der Waals surface area (Å²) in [6.45, 7) is 2.02. The second-order valence-corrected chi connectivity index (χ2v) is 5.87. The maximum absolute atomic E-state index is 13.0. The molecule has 1 nitrogen and oxygen atoms in total. The molecule has 0 heterocycles. The van der Waals surface area contributed by atoms with Crippen molar-refractivity contribution in [2.45, 2.75) is 19.4 Å². The summed E-state index contributed by atoms with van der Waals surface area (Å²) in [6.07, 6.45) is 0.580. The Balaban J connectivity index is 2.25. The van der Waals surface area contributed by atoms with Gasteiger partial charge in [0.05, 0.1) is 0 Å². The van der Waals surface area contributed by atoms with Gasteiger partial charge < -0.3 is 5.73 Å². The number of hydrogen-bond acceptors (Lipinski definition) is 1. The van der Waals surface area contributed by atoms with E-state index in [2.05, 4.69) is 15.9 Å². The Hall–Kier alpha value is -0.900. The average molecular weight is 343 g/mol. The molecule has 2 N–H and O–H groups in total. The Kier molecular flexibility index (Phi) is 4.61. The quantitative estimate of drug-likeness (QED) is 0.852. The van der Waals surface area contributed by atoms with E-state index in [1.807, 2.05) is 25.1 Å². The lowest BCUT2D eigenvalue weighted by Crippen LogP contribution is -2.15. The molecule has 1 atom stereocenters. The van der Waals surface area contributed by atoms with Gasteiger partial charge >= 0.3 is 0 Å². The monoisotopic (exact) mass is 341 g/mol. The van der Waals surface area contributed by atoms with Gasteiger partial charge in [0, 0.05) is 15.5 Å². The normalized spacial score (nSPS) is 12.5. The number of rotatable bonds is 3. The molecule has 4 heteroatoms. The van der Waals surface area contributed by atoms with Crippen LogP contribution in [-0.2, 0) is 6.42 Å². The van der Waals surface area contributed by atoms with E-state index in [4.69, 9.17) is 17.3 Å². The minimum Gasteiger partial charge on any atom is -0.324 e. The average Bonchev–Trinajstić information content (AvgIpc) is 2.35. The first kappa shape index (κ1) is 14.5. The van der Waals surface area contributed by atoms with E-state index in [0.29, 0.717) is 11.4 Å². The number of halogens is 3. The lowest BCUT2D eigenvalue weighted by atomic mass is 9.96. The summed E-state index contributed by atoms with van der Waals surface area (Å²) in [5, 5.41) is 0.420. The van der Waals surface area contributed by atoms with Crippen molar-refractivity contribution in [3.05, 3.63) is 68.4 Å². The van der Waals surface area contributed by atoms with Crippen LogP contribution in [-0.4, -0.2) is 0 Å². The summed E-state index contributed by atoms with van der Waals surface area (Å²) in [6, 6.07) is 10.3. The summed E-state index contributed by atoms with van der Waals surface area (Å²) >= 11 is 9.47. The van der Waals surface area contributed by atoms with Crippen molar-refractivity contribution in [3.63, 3.8) is 0 Å². The topological polar surface area (TPSA) is 26.0 Å². The van der Waals surface area contributed by atoms with Gasteiger partial charge in [-0.1, -0.05) is 39.7 Å². The van der Waals surface area contributed by atoms with E-state index in [1.165, 1.54) is 12.1 Å². The molecule has 0 aromatic heterocycles. The van der Waals surface area contributed by atoms with Gasteiger partial charge in [-0.2, -0.15) is 0 Å². The number of benzene rings is 2. The lowest BCUT2D eigenvalue weighted by Gasteiger charge is -2.16. The minimum atomic E-state index is -0.332. The summed E-state index contributed by atoms with van der Waals surface area (Å²) < 4.78 is 14.0. The number of nitrogens with two attached hydrogens (primary N) is 1. The van der Waals surface area contributed by atoms with Gasteiger partial charge in [-0.25, -0.2) is 4.39 Å². The molecule has 1 unspecified atom stereocenters. The van der Waals surface area contributed by atoms with Crippen molar-refractivity contribution < 1.29 is 4.39 Å². The molecule has 0 amide bonds. The van der Waals surface area contributed by atoms with E-state index in [0.717, 1.165) is 21.2 Å². The van der Waals surface area contributed by atoms with E-state index < -0.39 is 0 Å². The van der Waals surface area contributed by atoms with Crippen molar-refractivity contribution in [2.24, 2.45) is 5.73 Å². The Morgan fingerprint density at radius 3 is 2.68 bits per heavy atom. The highest BCUT2D eigenvalue weighted by atomic mass is 79.9. The largest absolute Gasteiger partial charge is 0.324 e. The first-order valence-corrected chi connectivity index (χ1v) is 7.10. The predicted octanol–water partition coefficient (Wildman–Crippen LogP) is 4.79. The van der Waals surface area contributed by atoms with E-state index in [-0.39, 0.29) is 11.9 Å². The molecule has 2 aromatic carbocycles. The fourth-order valence-corrected chi connectivity index (χ4v) is 2.67. The van der Waals surface area contributed by atoms with Gasteiger partial charge in [0.15, 0.2) is 0 Å². The first-order valence-electron chi connectivity index (χ1n) is 5.93. The van der Waals surface area contributed by atoms with Crippen LogP contribution in [0.1, 0.15) is 22.7 Å². The molecule has 0 radical (unpaired) electrons. The Bertz CT molecular complexity index is 601. The zero-order valence-corrected chi connectivity index (χ0v) is 12.8. The minimum absolute atomic E-state index is 0.166. The van der Waals surface area contributed by atoms with Gasteiger partial charge in [0.1, 0.15) is 5.82 Å². The molecule has 100 valence electrons. The molecule has 19 heavy (non-hydrogen) atoms. The molecule has 2 aromatic rings. The molecule has 0 aliphatic heterocycles. The van der Waals surface area contributed by atoms with E-state index in [9.17, 15) is 4.39 Å². The van der Waals surface area contributed by atoms with Crippen LogP contribution in [0.15, 0.2) is 40.9 Å². The van der Waals surface area contributed by atoms with Gasteiger partial charge in [-0.15, -0.1) is 0 Å². The number of aryl methyl sites for hydroxylation is 1. The predicted molar refractivity (Wildman–Crippen MR) is 80.9 cm³/mol. The van der Waals surface area contributed by atoms with Crippen LogP contribution in [0.25, 0.3) is 0 Å². The Morgan fingerprint density at radius 1 is 1.26 bits per heavy atom. The summed E-state index contributed by atoms with van der Waals surface area (Å²) in [5.41, 5.74) is 9.28. The maximum atomic E-state index is 13.0. The first-order chi connectivity index (χ1) is 8.97. The van der Waals surface area contributed by atoms with Crippen LogP contribution < -0.4 is 5.73 Å². The second kappa shape index (κ2) is 6.04. The lowest BCUT2D eigenvalue weighted by molar-refractivity contribution is 0.625. The van der Waals surface area contributed by atoms with Crippen molar-refractivity contribution in [2.75, 3.05) is 0 Å². The SMILES string of the molecule is Cc1ccc(Br)cc1C(N)Cc1ccc(F)cc1Cl. The molecule has 0 saturated heterocycles.